The van der Waals surface area contributed by atoms with Crippen molar-refractivity contribution < 1.29 is 0 Å². The van der Waals surface area contributed by atoms with Gasteiger partial charge in [0.2, 0.25) is 0 Å². The van der Waals surface area contributed by atoms with E-state index in [-0.39, 0.29) is 0 Å². The first kappa shape index (κ1) is 17.3. The number of piperidine rings is 1. The summed E-state index contributed by atoms with van der Waals surface area (Å²) in [6.45, 7) is 6.71. The molecular weight excluding hydrogens is 346 g/mol. The predicted octanol–water partition coefficient (Wildman–Crippen LogP) is 4.94. The van der Waals surface area contributed by atoms with Crippen LogP contribution in [0.4, 0.5) is 5.82 Å². The number of hydrogen-bond donors (Lipinski definition) is 1. The van der Waals surface area contributed by atoms with Crippen LogP contribution >= 0.6 is 11.6 Å². The molecule has 4 heterocycles. The van der Waals surface area contributed by atoms with Crippen molar-refractivity contribution in [3.05, 3.63) is 35.5 Å². The quantitative estimate of drug-likeness (QED) is 0.707. The van der Waals surface area contributed by atoms with E-state index in [2.05, 4.69) is 33.9 Å². The van der Waals surface area contributed by atoms with Crippen LogP contribution in [0, 0.1) is 11.8 Å². The molecule has 3 aromatic rings. The number of nitrogens with zero attached hydrogens (tertiary/aromatic N) is 4. The number of nitrogens with one attached hydrogen (secondary N) is 1. The van der Waals surface area contributed by atoms with Crippen molar-refractivity contribution in [1.29, 1.82) is 0 Å². The van der Waals surface area contributed by atoms with E-state index in [1.807, 2.05) is 24.3 Å². The van der Waals surface area contributed by atoms with Crippen molar-refractivity contribution in [3.8, 4) is 11.4 Å². The topological polar surface area (TPSA) is 57.7 Å². The molecule has 1 atom stereocenters. The van der Waals surface area contributed by atoms with Gasteiger partial charge >= 0.3 is 0 Å². The third-order valence-corrected chi connectivity index (χ3v) is 5.34. The lowest BCUT2D eigenvalue weighted by Gasteiger charge is -2.34. The van der Waals surface area contributed by atoms with Crippen molar-refractivity contribution in [2.45, 2.75) is 33.1 Å². The summed E-state index contributed by atoms with van der Waals surface area (Å²) < 4.78 is 0. The van der Waals surface area contributed by atoms with Crippen LogP contribution in [0.25, 0.3) is 22.4 Å². The highest BCUT2D eigenvalue weighted by Gasteiger charge is 2.23. The van der Waals surface area contributed by atoms with Gasteiger partial charge in [0.15, 0.2) is 5.65 Å². The number of rotatable bonds is 4. The largest absolute Gasteiger partial charge is 0.356 e. The van der Waals surface area contributed by atoms with E-state index in [0.29, 0.717) is 5.02 Å². The Kier molecular flexibility index (Phi) is 4.81. The molecule has 0 unspecified atom stereocenters. The molecule has 0 amide bonds. The first-order chi connectivity index (χ1) is 12.6. The molecule has 0 saturated carbocycles. The smallest absolute Gasteiger partial charge is 0.155 e. The molecule has 1 saturated heterocycles. The van der Waals surface area contributed by atoms with Gasteiger partial charge in [-0.2, -0.15) is 5.10 Å². The van der Waals surface area contributed by atoms with Gasteiger partial charge in [0, 0.05) is 24.7 Å². The van der Waals surface area contributed by atoms with Gasteiger partial charge in [-0.1, -0.05) is 25.4 Å². The Balaban J connectivity index is 1.66. The number of halogens is 1. The molecule has 1 aliphatic rings. The first-order valence-corrected chi connectivity index (χ1v) is 9.70. The average Bonchev–Trinajstić information content (AvgIpc) is 3.06. The van der Waals surface area contributed by atoms with Crippen LogP contribution in [0.15, 0.2) is 30.5 Å². The summed E-state index contributed by atoms with van der Waals surface area (Å²) in [6, 6.07) is 7.85. The van der Waals surface area contributed by atoms with E-state index in [0.717, 1.165) is 53.2 Å². The highest BCUT2D eigenvalue weighted by Crippen LogP contribution is 2.33. The molecule has 1 N–H and O–H groups in total. The van der Waals surface area contributed by atoms with Crippen LogP contribution in [0.1, 0.15) is 33.1 Å². The van der Waals surface area contributed by atoms with Crippen molar-refractivity contribution in [3.63, 3.8) is 0 Å². The Morgan fingerprint density at radius 1 is 1.27 bits per heavy atom. The van der Waals surface area contributed by atoms with E-state index in [1.165, 1.54) is 19.3 Å². The molecule has 0 radical (unpaired) electrons. The van der Waals surface area contributed by atoms with Gasteiger partial charge in [-0.25, -0.2) is 9.97 Å². The van der Waals surface area contributed by atoms with Crippen LogP contribution in [-0.2, 0) is 0 Å². The van der Waals surface area contributed by atoms with Crippen LogP contribution in [0.3, 0.4) is 0 Å². The van der Waals surface area contributed by atoms with Gasteiger partial charge in [0.25, 0.3) is 0 Å². The van der Waals surface area contributed by atoms with Crippen molar-refractivity contribution in [2.24, 2.45) is 11.8 Å². The lowest BCUT2D eigenvalue weighted by molar-refractivity contribution is 0.346. The molecule has 3 aromatic heterocycles. The third kappa shape index (κ3) is 3.40. The molecule has 0 spiro atoms. The second kappa shape index (κ2) is 7.23. The van der Waals surface area contributed by atoms with Crippen molar-refractivity contribution in [1.82, 2.24) is 20.2 Å². The van der Waals surface area contributed by atoms with E-state index >= 15 is 0 Å². The number of fused-ring (bicyclic) bond motifs is 1. The zero-order chi connectivity index (χ0) is 18.1. The Labute approximate surface area is 158 Å². The second-order valence-corrected chi connectivity index (χ2v) is 7.96. The average molecular weight is 370 g/mol. The third-order valence-electron chi connectivity index (χ3n) is 5.04. The molecule has 1 aliphatic heterocycles. The Morgan fingerprint density at radius 2 is 2.15 bits per heavy atom. The summed E-state index contributed by atoms with van der Waals surface area (Å²) in [5.74, 6) is 2.45. The summed E-state index contributed by atoms with van der Waals surface area (Å²) in [5, 5.41) is 8.94. The van der Waals surface area contributed by atoms with E-state index in [4.69, 9.17) is 16.6 Å². The molecule has 6 heteroatoms. The summed E-state index contributed by atoms with van der Waals surface area (Å²) in [4.78, 5) is 11.6. The van der Waals surface area contributed by atoms with Gasteiger partial charge < -0.3 is 4.90 Å². The molecule has 5 nitrogen and oxygen atoms in total. The minimum atomic E-state index is 0.613. The molecule has 0 aromatic carbocycles. The van der Waals surface area contributed by atoms with Crippen LogP contribution in [0.5, 0.6) is 0 Å². The summed E-state index contributed by atoms with van der Waals surface area (Å²) in [6.07, 6.45) is 5.54. The molecule has 136 valence electrons. The summed E-state index contributed by atoms with van der Waals surface area (Å²) >= 11 is 6.47. The minimum Gasteiger partial charge on any atom is -0.356 e. The summed E-state index contributed by atoms with van der Waals surface area (Å²) in [5.41, 5.74) is 2.23. The van der Waals surface area contributed by atoms with Gasteiger partial charge in [-0.15, -0.1) is 0 Å². The number of anilines is 1. The zero-order valence-electron chi connectivity index (χ0n) is 15.2. The maximum Gasteiger partial charge on any atom is 0.155 e. The van der Waals surface area contributed by atoms with Gasteiger partial charge in [-0.05, 0) is 55.4 Å². The fraction of sp³-hybridized carbons (Fsp3) is 0.450. The number of pyridine rings is 2. The van der Waals surface area contributed by atoms with Gasteiger partial charge in [-0.3, -0.25) is 5.10 Å². The number of hydrogen-bond acceptors (Lipinski definition) is 4. The standard InChI is InChI=1S/C20H24ClN5/c1-13(2)11-14-5-4-10-26(12-14)17-8-7-16(21)19(23-17)18-15-6-3-9-22-20(15)25-24-18/h3,6-9,13-14H,4-5,10-12H2,1-2H3,(H,22,24,25)/t14-/m1/s1. The highest BCUT2D eigenvalue weighted by molar-refractivity contribution is 6.33. The van der Waals surface area contributed by atoms with Crippen molar-refractivity contribution in [2.75, 3.05) is 18.0 Å². The highest BCUT2D eigenvalue weighted by atomic mass is 35.5. The Bertz CT molecular complexity index is 904. The molecular formula is C20H24ClN5. The fourth-order valence-corrected chi connectivity index (χ4v) is 4.14. The fourth-order valence-electron chi connectivity index (χ4n) is 3.94. The summed E-state index contributed by atoms with van der Waals surface area (Å²) in [7, 11) is 0. The molecule has 1 fully saturated rings. The van der Waals surface area contributed by atoms with Gasteiger partial charge in [0.05, 0.1) is 5.02 Å². The molecule has 26 heavy (non-hydrogen) atoms. The zero-order valence-corrected chi connectivity index (χ0v) is 16.0. The number of H-pyrrole nitrogens is 1. The Hall–Kier alpha value is -2.14. The van der Waals surface area contributed by atoms with Crippen LogP contribution in [0.2, 0.25) is 5.02 Å². The van der Waals surface area contributed by atoms with E-state index < -0.39 is 0 Å². The van der Waals surface area contributed by atoms with Gasteiger partial charge in [0.1, 0.15) is 17.2 Å². The van der Waals surface area contributed by atoms with E-state index in [1.54, 1.807) is 6.20 Å². The maximum atomic E-state index is 6.47. The number of aromatic nitrogens is 4. The molecule has 0 aliphatic carbocycles. The minimum absolute atomic E-state index is 0.613. The van der Waals surface area contributed by atoms with Crippen molar-refractivity contribution >= 4 is 28.5 Å². The first-order valence-electron chi connectivity index (χ1n) is 9.32. The molecule has 0 bridgehead atoms. The Morgan fingerprint density at radius 3 is 3.00 bits per heavy atom. The predicted molar refractivity (Wildman–Crippen MR) is 107 cm³/mol. The lowest BCUT2D eigenvalue weighted by Crippen LogP contribution is -2.36. The van der Waals surface area contributed by atoms with Crippen LogP contribution in [-0.4, -0.2) is 33.3 Å². The lowest BCUT2D eigenvalue weighted by atomic mass is 9.90. The SMILES string of the molecule is CC(C)C[C@H]1CCCN(c2ccc(Cl)c(-c3n[nH]c4ncccc34)n2)C1. The maximum absolute atomic E-state index is 6.47. The van der Waals surface area contributed by atoms with E-state index in [9.17, 15) is 0 Å². The number of aromatic amines is 1. The molecule has 4 rings (SSSR count). The van der Waals surface area contributed by atoms with Crippen LogP contribution < -0.4 is 4.90 Å². The monoisotopic (exact) mass is 369 g/mol. The normalized spacial score (nSPS) is 18.0. The second-order valence-electron chi connectivity index (χ2n) is 7.56.